The fraction of sp³-hybridized carbons (Fsp3) is 0.708. The molecule has 3 nitrogen and oxygen atoms in total. The summed E-state index contributed by atoms with van der Waals surface area (Å²) in [7, 11) is 0. The molecule has 1 aromatic rings. The van der Waals surface area contributed by atoms with Crippen LogP contribution in [0.2, 0.25) is 0 Å². The number of hydrogen-bond donors (Lipinski definition) is 2. The normalized spacial score (nSPS) is 28.7. The molecule has 2 atom stereocenters. The van der Waals surface area contributed by atoms with E-state index in [4.69, 9.17) is 0 Å². The first kappa shape index (κ1) is 19.0. The summed E-state index contributed by atoms with van der Waals surface area (Å²) >= 11 is 0. The van der Waals surface area contributed by atoms with E-state index in [1.165, 1.54) is 63.4 Å². The van der Waals surface area contributed by atoms with Gasteiger partial charge < -0.3 is 10.6 Å². The molecule has 2 unspecified atom stereocenters. The van der Waals surface area contributed by atoms with Gasteiger partial charge in [-0.15, -0.1) is 0 Å². The van der Waals surface area contributed by atoms with Crippen molar-refractivity contribution in [3.63, 3.8) is 0 Å². The van der Waals surface area contributed by atoms with E-state index in [-0.39, 0.29) is 11.4 Å². The van der Waals surface area contributed by atoms with E-state index in [1.807, 2.05) is 12.1 Å². The summed E-state index contributed by atoms with van der Waals surface area (Å²) in [5, 5.41) is 7.09. The number of nitrogens with one attached hydrogen (secondary N) is 2. The second-order valence-electron chi connectivity index (χ2n) is 9.29. The average molecular weight is 369 g/mol. The number of aryl methyl sites for hydroxylation is 1. The zero-order chi connectivity index (χ0) is 18.5. The van der Waals surface area contributed by atoms with Crippen molar-refractivity contribution in [3.05, 3.63) is 35.4 Å². The van der Waals surface area contributed by atoms with Crippen LogP contribution in [0.1, 0.15) is 93.0 Å². The Morgan fingerprint density at radius 2 is 1.93 bits per heavy atom. The molecular weight excluding hydrogens is 332 g/mol. The minimum absolute atomic E-state index is 0.0282. The molecule has 2 bridgehead atoms. The summed E-state index contributed by atoms with van der Waals surface area (Å²) < 4.78 is 0. The second kappa shape index (κ2) is 8.77. The third-order valence-electron chi connectivity index (χ3n) is 7.31. The Morgan fingerprint density at radius 1 is 1.07 bits per heavy atom. The number of fused-ring (bicyclic) bond motifs is 2. The summed E-state index contributed by atoms with van der Waals surface area (Å²) in [4.78, 5) is 13.2. The SMILES string of the molecule is O=C(NC12CCCC(C1)NCC2)c1ccccc1CCCC1CCCCC1. The van der Waals surface area contributed by atoms with Gasteiger partial charge in [0.2, 0.25) is 0 Å². The molecule has 148 valence electrons. The summed E-state index contributed by atoms with van der Waals surface area (Å²) in [6.07, 6.45) is 16.5. The van der Waals surface area contributed by atoms with Gasteiger partial charge in [0.25, 0.3) is 5.91 Å². The van der Waals surface area contributed by atoms with Crippen molar-refractivity contribution in [1.29, 1.82) is 0 Å². The molecule has 3 fully saturated rings. The van der Waals surface area contributed by atoms with Gasteiger partial charge in [0.1, 0.15) is 0 Å². The lowest BCUT2D eigenvalue weighted by Crippen LogP contribution is -2.59. The highest BCUT2D eigenvalue weighted by Crippen LogP contribution is 2.34. The number of hydrogen-bond acceptors (Lipinski definition) is 2. The molecule has 1 heterocycles. The summed E-state index contributed by atoms with van der Waals surface area (Å²) in [6, 6.07) is 8.90. The Labute approximate surface area is 164 Å². The van der Waals surface area contributed by atoms with Crippen LogP contribution in [0.3, 0.4) is 0 Å². The molecule has 2 N–H and O–H groups in total. The second-order valence-corrected chi connectivity index (χ2v) is 9.29. The molecule has 0 radical (unpaired) electrons. The highest BCUT2D eigenvalue weighted by Gasteiger charge is 2.40. The summed E-state index contributed by atoms with van der Waals surface area (Å²) in [5.41, 5.74) is 2.18. The molecule has 2 saturated carbocycles. The molecule has 0 spiro atoms. The first-order valence-electron chi connectivity index (χ1n) is 11.4. The Morgan fingerprint density at radius 3 is 2.81 bits per heavy atom. The van der Waals surface area contributed by atoms with Crippen LogP contribution in [0.25, 0.3) is 0 Å². The lowest BCUT2D eigenvalue weighted by atomic mass is 9.74. The van der Waals surface area contributed by atoms with Crippen molar-refractivity contribution in [2.24, 2.45) is 5.92 Å². The van der Waals surface area contributed by atoms with Crippen molar-refractivity contribution < 1.29 is 4.79 Å². The van der Waals surface area contributed by atoms with Crippen molar-refractivity contribution in [2.75, 3.05) is 6.54 Å². The van der Waals surface area contributed by atoms with Gasteiger partial charge in [0.05, 0.1) is 0 Å². The zero-order valence-electron chi connectivity index (χ0n) is 16.8. The Kier molecular flexibility index (Phi) is 6.17. The number of piperidine rings is 1. The average Bonchev–Trinajstić information content (AvgIpc) is 2.69. The van der Waals surface area contributed by atoms with E-state index in [9.17, 15) is 4.79 Å². The molecule has 27 heavy (non-hydrogen) atoms. The first-order valence-corrected chi connectivity index (χ1v) is 11.4. The van der Waals surface area contributed by atoms with Crippen LogP contribution in [0, 0.1) is 5.92 Å². The Bertz CT molecular complexity index is 625. The summed E-state index contributed by atoms with van der Waals surface area (Å²) in [6.45, 7) is 1.04. The number of benzene rings is 1. The molecule has 0 aromatic heterocycles. The van der Waals surface area contributed by atoms with Crippen LogP contribution in [-0.2, 0) is 6.42 Å². The van der Waals surface area contributed by atoms with Crippen LogP contribution in [0.15, 0.2) is 24.3 Å². The monoisotopic (exact) mass is 368 g/mol. The molecule has 1 aliphatic heterocycles. The van der Waals surface area contributed by atoms with E-state index in [2.05, 4.69) is 22.8 Å². The van der Waals surface area contributed by atoms with Crippen LogP contribution in [0.5, 0.6) is 0 Å². The molecule has 3 heteroatoms. The van der Waals surface area contributed by atoms with Gasteiger partial charge in [-0.25, -0.2) is 0 Å². The molecule has 1 saturated heterocycles. The van der Waals surface area contributed by atoms with Gasteiger partial charge in [-0.2, -0.15) is 0 Å². The number of rotatable bonds is 6. The third-order valence-corrected chi connectivity index (χ3v) is 7.31. The fourth-order valence-corrected chi connectivity index (χ4v) is 5.78. The predicted molar refractivity (Wildman–Crippen MR) is 111 cm³/mol. The number of amides is 1. The zero-order valence-corrected chi connectivity index (χ0v) is 16.8. The van der Waals surface area contributed by atoms with E-state index in [0.717, 1.165) is 43.7 Å². The standard InChI is InChI=1S/C24H36N2O/c27-23(26-24-15-7-13-21(18-24)25-17-16-24)22-14-5-4-11-20(22)12-6-10-19-8-2-1-3-9-19/h4-5,11,14,19,21,25H,1-3,6-10,12-13,15-18H2,(H,26,27). The van der Waals surface area contributed by atoms with Gasteiger partial charge in [-0.3, -0.25) is 4.79 Å². The van der Waals surface area contributed by atoms with Crippen molar-refractivity contribution in [2.45, 2.75) is 95.1 Å². The number of carbonyl (C=O) groups excluding carboxylic acids is 1. The Balaban J connectivity index is 1.37. The van der Waals surface area contributed by atoms with E-state index in [0.29, 0.717) is 6.04 Å². The van der Waals surface area contributed by atoms with Crippen LogP contribution in [0.4, 0.5) is 0 Å². The van der Waals surface area contributed by atoms with E-state index >= 15 is 0 Å². The quantitative estimate of drug-likeness (QED) is 0.742. The van der Waals surface area contributed by atoms with Gasteiger partial charge in [0, 0.05) is 17.1 Å². The van der Waals surface area contributed by atoms with E-state index in [1.54, 1.807) is 0 Å². The highest BCUT2D eigenvalue weighted by atomic mass is 16.1. The minimum Gasteiger partial charge on any atom is -0.346 e. The largest absolute Gasteiger partial charge is 0.346 e. The van der Waals surface area contributed by atoms with Crippen LogP contribution >= 0.6 is 0 Å². The topological polar surface area (TPSA) is 41.1 Å². The molecule has 4 rings (SSSR count). The molecule has 1 aromatic carbocycles. The molecule has 2 aliphatic carbocycles. The van der Waals surface area contributed by atoms with Crippen LogP contribution < -0.4 is 10.6 Å². The maximum Gasteiger partial charge on any atom is 0.251 e. The van der Waals surface area contributed by atoms with Crippen molar-refractivity contribution >= 4 is 5.91 Å². The maximum absolute atomic E-state index is 13.2. The summed E-state index contributed by atoms with van der Waals surface area (Å²) in [5.74, 6) is 1.08. The maximum atomic E-state index is 13.2. The lowest BCUT2D eigenvalue weighted by molar-refractivity contribution is 0.0799. The molecule has 3 aliphatic rings. The smallest absolute Gasteiger partial charge is 0.251 e. The fourth-order valence-electron chi connectivity index (χ4n) is 5.78. The first-order chi connectivity index (χ1) is 13.2. The van der Waals surface area contributed by atoms with Gasteiger partial charge in [-0.1, -0.05) is 56.7 Å². The molecule has 1 amide bonds. The highest BCUT2D eigenvalue weighted by molar-refractivity contribution is 5.96. The number of carbonyl (C=O) groups is 1. The van der Waals surface area contributed by atoms with Crippen molar-refractivity contribution in [1.82, 2.24) is 10.6 Å². The molecular formula is C24H36N2O. The minimum atomic E-state index is 0.0282. The predicted octanol–water partition coefficient (Wildman–Crippen LogP) is 4.99. The Hall–Kier alpha value is -1.35. The van der Waals surface area contributed by atoms with E-state index < -0.39 is 0 Å². The van der Waals surface area contributed by atoms with Gasteiger partial charge in [-0.05, 0) is 69.0 Å². The lowest BCUT2D eigenvalue weighted by Gasteiger charge is -2.46. The van der Waals surface area contributed by atoms with Crippen LogP contribution in [-0.4, -0.2) is 24.0 Å². The van der Waals surface area contributed by atoms with Gasteiger partial charge >= 0.3 is 0 Å². The van der Waals surface area contributed by atoms with Gasteiger partial charge in [0.15, 0.2) is 0 Å². The van der Waals surface area contributed by atoms with Crippen molar-refractivity contribution in [3.8, 4) is 0 Å². The third kappa shape index (κ3) is 4.74.